The molecule has 0 N–H and O–H groups in total. The molecule has 8 nitrogen and oxygen atoms in total. The summed E-state index contributed by atoms with van der Waals surface area (Å²) in [5.41, 5.74) is -0.437. The Labute approximate surface area is 148 Å². The third-order valence-electron chi connectivity index (χ3n) is 5.05. The number of likely N-dealkylation sites (tertiary alicyclic amines) is 1. The second-order valence-electron chi connectivity index (χ2n) is 6.88. The van der Waals surface area contributed by atoms with Gasteiger partial charge in [-0.2, -0.15) is 9.40 Å². The summed E-state index contributed by atoms with van der Waals surface area (Å²) >= 11 is 0. The second-order valence-corrected chi connectivity index (χ2v) is 8.86. The smallest absolute Gasteiger partial charge is 0.222 e. The summed E-state index contributed by atoms with van der Waals surface area (Å²) in [7, 11) is -3.20. The van der Waals surface area contributed by atoms with E-state index in [9.17, 15) is 13.2 Å². The summed E-state index contributed by atoms with van der Waals surface area (Å²) in [5, 5.41) is 4.13. The van der Waals surface area contributed by atoms with E-state index in [4.69, 9.17) is 4.74 Å². The van der Waals surface area contributed by atoms with E-state index < -0.39 is 15.6 Å². The number of hydrogen-bond donors (Lipinski definition) is 0. The molecule has 3 rings (SSSR count). The Morgan fingerprint density at radius 1 is 1.28 bits per heavy atom. The van der Waals surface area contributed by atoms with E-state index in [2.05, 4.69) is 5.10 Å². The topological polar surface area (TPSA) is 84.7 Å². The Kier molecular flexibility index (Phi) is 5.45. The van der Waals surface area contributed by atoms with Gasteiger partial charge in [0.2, 0.25) is 15.9 Å². The lowest BCUT2D eigenvalue weighted by atomic mass is 9.90. The summed E-state index contributed by atoms with van der Waals surface area (Å²) in [6, 6.07) is 1.87. The molecule has 2 aliphatic heterocycles. The summed E-state index contributed by atoms with van der Waals surface area (Å²) in [6.45, 7) is 3.22. The van der Waals surface area contributed by atoms with E-state index in [1.54, 1.807) is 6.20 Å². The molecule has 1 spiro atoms. The van der Waals surface area contributed by atoms with Crippen molar-refractivity contribution in [3.05, 3.63) is 18.5 Å². The number of amides is 1. The molecule has 140 valence electrons. The fraction of sp³-hybridized carbons (Fsp3) is 0.750. The van der Waals surface area contributed by atoms with Gasteiger partial charge in [-0.25, -0.2) is 8.42 Å². The first kappa shape index (κ1) is 18.3. The predicted octanol–water partition coefficient (Wildman–Crippen LogP) is 0.316. The van der Waals surface area contributed by atoms with Crippen molar-refractivity contribution in [2.45, 2.75) is 37.8 Å². The standard InChI is InChI=1S/C16H26N4O4S/c1-25(22,23)20-12-13-24-16(14-20)5-10-18(11-6-16)15(21)4-2-8-19-9-3-7-17-19/h3,7,9H,2,4-6,8,10-14H2,1H3. The second kappa shape index (κ2) is 7.43. The molecule has 0 bridgehead atoms. The Morgan fingerprint density at radius 3 is 2.68 bits per heavy atom. The van der Waals surface area contributed by atoms with Crippen molar-refractivity contribution in [2.75, 3.05) is 39.0 Å². The van der Waals surface area contributed by atoms with Crippen LogP contribution in [0.15, 0.2) is 18.5 Å². The van der Waals surface area contributed by atoms with Crippen LogP contribution in [0.3, 0.4) is 0 Å². The maximum atomic E-state index is 12.4. The molecule has 3 heterocycles. The van der Waals surface area contributed by atoms with Crippen LogP contribution in [0.5, 0.6) is 0 Å². The van der Waals surface area contributed by atoms with Crippen molar-refractivity contribution in [3.63, 3.8) is 0 Å². The maximum Gasteiger partial charge on any atom is 0.222 e. The zero-order chi connectivity index (χ0) is 17.9. The number of nitrogens with zero attached hydrogens (tertiary/aromatic N) is 4. The van der Waals surface area contributed by atoms with Crippen LogP contribution >= 0.6 is 0 Å². The fourth-order valence-corrected chi connectivity index (χ4v) is 4.42. The highest BCUT2D eigenvalue weighted by Gasteiger charge is 2.42. The van der Waals surface area contributed by atoms with Crippen LogP contribution in [0.25, 0.3) is 0 Å². The molecule has 2 saturated heterocycles. The highest BCUT2D eigenvalue weighted by Crippen LogP contribution is 2.31. The average molecular weight is 370 g/mol. The number of aromatic nitrogens is 2. The maximum absolute atomic E-state index is 12.4. The number of morpholine rings is 1. The third kappa shape index (κ3) is 4.59. The van der Waals surface area contributed by atoms with Gasteiger partial charge in [-0.15, -0.1) is 0 Å². The van der Waals surface area contributed by atoms with Crippen LogP contribution in [-0.4, -0.2) is 78.0 Å². The van der Waals surface area contributed by atoms with Gasteiger partial charge in [0, 0.05) is 51.5 Å². The van der Waals surface area contributed by atoms with Crippen molar-refractivity contribution in [2.24, 2.45) is 0 Å². The highest BCUT2D eigenvalue weighted by molar-refractivity contribution is 7.88. The van der Waals surface area contributed by atoms with Gasteiger partial charge in [0.25, 0.3) is 0 Å². The molecule has 1 aromatic rings. The largest absolute Gasteiger partial charge is 0.372 e. The molecule has 1 aromatic heterocycles. The zero-order valence-electron chi connectivity index (χ0n) is 14.6. The van der Waals surface area contributed by atoms with E-state index in [0.717, 1.165) is 13.0 Å². The van der Waals surface area contributed by atoms with Gasteiger partial charge in [0.15, 0.2) is 0 Å². The molecule has 25 heavy (non-hydrogen) atoms. The molecule has 0 saturated carbocycles. The molecule has 0 radical (unpaired) electrons. The number of carbonyl (C=O) groups is 1. The number of rotatable bonds is 5. The van der Waals surface area contributed by atoms with Crippen molar-refractivity contribution in [3.8, 4) is 0 Å². The quantitative estimate of drug-likeness (QED) is 0.745. The average Bonchev–Trinajstić information content (AvgIpc) is 3.08. The molecule has 0 atom stereocenters. The number of sulfonamides is 1. The molecular weight excluding hydrogens is 344 g/mol. The minimum atomic E-state index is -3.20. The Balaban J connectivity index is 1.47. The van der Waals surface area contributed by atoms with Crippen molar-refractivity contribution >= 4 is 15.9 Å². The minimum Gasteiger partial charge on any atom is -0.372 e. The number of piperidine rings is 1. The third-order valence-corrected chi connectivity index (χ3v) is 6.30. The lowest BCUT2D eigenvalue weighted by molar-refractivity contribution is -0.144. The molecule has 9 heteroatoms. The predicted molar refractivity (Wildman–Crippen MR) is 92.4 cm³/mol. The van der Waals surface area contributed by atoms with E-state index in [1.165, 1.54) is 10.6 Å². The Hall–Kier alpha value is -1.45. The van der Waals surface area contributed by atoms with E-state index in [0.29, 0.717) is 52.0 Å². The summed E-state index contributed by atoms with van der Waals surface area (Å²) in [4.78, 5) is 14.2. The van der Waals surface area contributed by atoms with Gasteiger partial charge in [-0.05, 0) is 25.3 Å². The number of ether oxygens (including phenoxy) is 1. The van der Waals surface area contributed by atoms with Crippen LogP contribution < -0.4 is 0 Å². The molecule has 1 amide bonds. The summed E-state index contributed by atoms with van der Waals surface area (Å²) in [5.74, 6) is 0.151. The van der Waals surface area contributed by atoms with Gasteiger partial charge in [-0.3, -0.25) is 9.48 Å². The molecule has 0 unspecified atom stereocenters. The molecule has 2 fully saturated rings. The van der Waals surface area contributed by atoms with Gasteiger partial charge in [0.1, 0.15) is 0 Å². The van der Waals surface area contributed by atoms with Crippen molar-refractivity contribution in [1.82, 2.24) is 19.0 Å². The lowest BCUT2D eigenvalue weighted by Gasteiger charge is -2.46. The van der Waals surface area contributed by atoms with Gasteiger partial charge < -0.3 is 9.64 Å². The van der Waals surface area contributed by atoms with Gasteiger partial charge in [0.05, 0.1) is 18.5 Å². The summed E-state index contributed by atoms with van der Waals surface area (Å²) < 4.78 is 32.9. The van der Waals surface area contributed by atoms with E-state index in [1.807, 2.05) is 21.8 Å². The first-order chi connectivity index (χ1) is 11.9. The minimum absolute atomic E-state index is 0.151. The van der Waals surface area contributed by atoms with Crippen LogP contribution in [0.2, 0.25) is 0 Å². The number of aryl methyl sites for hydroxylation is 1. The first-order valence-corrected chi connectivity index (χ1v) is 10.6. The van der Waals surface area contributed by atoms with Crippen LogP contribution in [0, 0.1) is 0 Å². The van der Waals surface area contributed by atoms with Crippen LogP contribution in [-0.2, 0) is 26.1 Å². The van der Waals surface area contributed by atoms with Crippen molar-refractivity contribution < 1.29 is 17.9 Å². The van der Waals surface area contributed by atoms with Gasteiger partial charge in [-0.1, -0.05) is 0 Å². The van der Waals surface area contributed by atoms with Crippen LogP contribution in [0.4, 0.5) is 0 Å². The van der Waals surface area contributed by atoms with E-state index >= 15 is 0 Å². The zero-order valence-corrected chi connectivity index (χ0v) is 15.4. The molecule has 2 aliphatic rings. The highest BCUT2D eigenvalue weighted by atomic mass is 32.2. The summed E-state index contributed by atoms with van der Waals surface area (Å²) in [6.07, 6.45) is 7.50. The first-order valence-electron chi connectivity index (χ1n) is 8.72. The fourth-order valence-electron chi connectivity index (χ4n) is 3.54. The number of hydrogen-bond acceptors (Lipinski definition) is 5. The molecule has 0 aromatic carbocycles. The van der Waals surface area contributed by atoms with E-state index in [-0.39, 0.29) is 5.91 Å². The lowest BCUT2D eigenvalue weighted by Crippen LogP contribution is -2.58. The van der Waals surface area contributed by atoms with Crippen molar-refractivity contribution in [1.29, 1.82) is 0 Å². The molecular formula is C16H26N4O4S. The van der Waals surface area contributed by atoms with Crippen LogP contribution in [0.1, 0.15) is 25.7 Å². The number of carbonyl (C=O) groups excluding carboxylic acids is 1. The van der Waals surface area contributed by atoms with Gasteiger partial charge >= 0.3 is 0 Å². The normalized spacial score (nSPS) is 21.6. The SMILES string of the molecule is CS(=O)(=O)N1CCOC2(CCN(C(=O)CCCn3cccn3)CC2)C1. The Morgan fingerprint density at radius 2 is 2.04 bits per heavy atom. The Bertz CT molecular complexity index is 681. The molecule has 0 aliphatic carbocycles. The monoisotopic (exact) mass is 370 g/mol.